The molecule has 12 heteroatoms. The summed E-state index contributed by atoms with van der Waals surface area (Å²) in [4.78, 5) is 29.0. The number of nitrogens with zero attached hydrogens (tertiary/aromatic N) is 4. The minimum absolute atomic E-state index is 0. The molecule has 2 aromatic rings. The van der Waals surface area contributed by atoms with Crippen molar-refractivity contribution in [1.82, 2.24) is 25.7 Å². The molecule has 2 rings (SSSR count). The Morgan fingerprint density at radius 3 is 2.67 bits per heavy atom. The number of unbranched alkanes of at least 4 members (excludes halogenated alkanes) is 1. The van der Waals surface area contributed by atoms with E-state index in [0.29, 0.717) is 30.6 Å². The number of fused-ring (bicyclic) bond motifs is 1. The van der Waals surface area contributed by atoms with Crippen LogP contribution in [0, 0.1) is 0 Å². The van der Waals surface area contributed by atoms with Crippen LogP contribution >= 0.6 is 7.82 Å². The van der Waals surface area contributed by atoms with Crippen LogP contribution in [0.4, 0.5) is 11.8 Å². The fraction of sp³-hybridized carbons (Fsp3) is 0.444. The van der Waals surface area contributed by atoms with E-state index in [-0.39, 0.29) is 24.5 Å². The maximum absolute atomic E-state index is 10.5. The first kappa shape index (κ1) is 17.3. The molecule has 0 saturated carbocycles. The van der Waals surface area contributed by atoms with Gasteiger partial charge in [0.05, 0.1) is 12.9 Å². The Morgan fingerprint density at radius 1 is 1.29 bits per heavy atom. The predicted octanol–water partition coefficient (Wildman–Crippen LogP) is 0.0422. The smallest absolute Gasteiger partial charge is 0.382 e. The van der Waals surface area contributed by atoms with E-state index < -0.39 is 7.82 Å². The van der Waals surface area contributed by atoms with Crippen molar-refractivity contribution in [1.29, 1.82) is 0 Å². The predicted molar refractivity (Wildman–Crippen MR) is 76.4 cm³/mol. The Hall–Kier alpha value is -1.78. The summed E-state index contributed by atoms with van der Waals surface area (Å²) in [5.74, 6) is 0.290. The molecule has 0 aliphatic rings. The van der Waals surface area contributed by atoms with Gasteiger partial charge in [-0.05, 0) is 12.8 Å². The summed E-state index contributed by atoms with van der Waals surface area (Å²) >= 11 is 0. The monoisotopic (exact) mass is 319 g/mol. The highest BCUT2D eigenvalue weighted by molar-refractivity contribution is 7.46. The van der Waals surface area contributed by atoms with E-state index >= 15 is 0 Å². The van der Waals surface area contributed by atoms with Crippen molar-refractivity contribution >= 4 is 30.8 Å². The summed E-state index contributed by atoms with van der Waals surface area (Å²) in [6.07, 6.45) is 2.69. The van der Waals surface area contributed by atoms with E-state index in [1.54, 1.807) is 10.9 Å². The summed E-state index contributed by atoms with van der Waals surface area (Å²) in [6.45, 7) is 0.535. The van der Waals surface area contributed by atoms with Gasteiger partial charge in [0.25, 0.3) is 0 Å². The third-order valence-electron chi connectivity index (χ3n) is 2.56. The fourth-order valence-electron chi connectivity index (χ4n) is 1.71. The summed E-state index contributed by atoms with van der Waals surface area (Å²) in [7, 11) is -4.39. The molecule has 0 amide bonds. The number of hydrogen-bond donors (Lipinski definition) is 5. The summed E-state index contributed by atoms with van der Waals surface area (Å²) in [5, 5.41) is 0. The van der Waals surface area contributed by atoms with Crippen molar-refractivity contribution in [3.05, 3.63) is 6.33 Å². The molecule has 0 atom stereocenters. The van der Waals surface area contributed by atoms with Crippen molar-refractivity contribution in [2.75, 3.05) is 18.1 Å². The number of nitrogens with two attached hydrogens (primary N) is 2. The second kappa shape index (κ2) is 6.78. The molecular weight excluding hydrogens is 301 g/mol. The van der Waals surface area contributed by atoms with Crippen molar-refractivity contribution in [3.8, 4) is 0 Å². The average molecular weight is 319 g/mol. The Labute approximate surface area is 120 Å². The minimum atomic E-state index is -4.39. The van der Waals surface area contributed by atoms with Crippen LogP contribution in [0.2, 0.25) is 0 Å². The average Bonchev–Trinajstić information content (AvgIpc) is 2.70. The number of phosphoric acid groups is 1. The fourth-order valence-corrected chi connectivity index (χ4v) is 2.08. The Bertz CT molecular complexity index is 655. The molecule has 0 aliphatic heterocycles. The van der Waals surface area contributed by atoms with E-state index in [9.17, 15) is 4.57 Å². The van der Waals surface area contributed by atoms with Crippen molar-refractivity contribution in [2.45, 2.75) is 19.4 Å². The molecule has 118 valence electrons. The molecule has 2 aromatic heterocycles. The van der Waals surface area contributed by atoms with Crippen LogP contribution in [0.25, 0.3) is 11.2 Å². The molecule has 0 saturated heterocycles. The molecule has 9 N–H and O–H groups in total. The lowest BCUT2D eigenvalue weighted by molar-refractivity contribution is 0.193. The van der Waals surface area contributed by atoms with E-state index in [0.717, 1.165) is 0 Å². The van der Waals surface area contributed by atoms with Crippen LogP contribution in [0.3, 0.4) is 0 Å². The standard InChI is InChI=1S/C9H15N6O4P.H3N/c10-7-6-8(14-9(11)13-7)15(5-12-6)3-1-2-4-19-20(16,17)18;/h5H,1-4H2,(H2,16,17,18)(H4,10,11,13,14);1H3. The highest BCUT2D eigenvalue weighted by Crippen LogP contribution is 2.35. The van der Waals surface area contributed by atoms with Gasteiger partial charge in [-0.2, -0.15) is 9.97 Å². The number of rotatable bonds is 6. The van der Waals surface area contributed by atoms with Crippen LogP contribution in [-0.2, 0) is 15.6 Å². The highest BCUT2D eigenvalue weighted by Gasteiger charge is 2.13. The number of phosphoric ester groups is 1. The first-order valence-electron chi connectivity index (χ1n) is 5.81. The van der Waals surface area contributed by atoms with Gasteiger partial charge < -0.3 is 32.0 Å². The summed E-state index contributed by atoms with van der Waals surface area (Å²) < 4.78 is 16.6. The Morgan fingerprint density at radius 2 is 2.00 bits per heavy atom. The number of anilines is 2. The molecule has 0 spiro atoms. The number of hydrogen-bond acceptors (Lipinski definition) is 8. The lowest BCUT2D eigenvalue weighted by Crippen LogP contribution is -2.04. The van der Waals surface area contributed by atoms with Crippen LogP contribution in [0.1, 0.15) is 12.8 Å². The van der Waals surface area contributed by atoms with Crippen LogP contribution in [0.5, 0.6) is 0 Å². The first-order valence-corrected chi connectivity index (χ1v) is 7.34. The SMILES string of the molecule is N.Nc1nc(N)c2ncn(CCCCOP(=O)(O)O)c2n1. The largest absolute Gasteiger partial charge is 0.469 e. The zero-order valence-corrected chi connectivity index (χ0v) is 12.1. The van der Waals surface area contributed by atoms with Gasteiger partial charge in [-0.15, -0.1) is 0 Å². The van der Waals surface area contributed by atoms with Gasteiger partial charge in [0, 0.05) is 6.54 Å². The van der Waals surface area contributed by atoms with E-state index in [1.807, 2.05) is 0 Å². The zero-order valence-electron chi connectivity index (χ0n) is 11.2. The first-order chi connectivity index (χ1) is 9.37. The quantitative estimate of drug-likeness (QED) is 0.358. The summed E-state index contributed by atoms with van der Waals surface area (Å²) in [6, 6.07) is 0. The lowest BCUT2D eigenvalue weighted by atomic mass is 10.3. The van der Waals surface area contributed by atoms with Gasteiger partial charge in [0.2, 0.25) is 5.95 Å². The number of aromatic nitrogens is 4. The van der Waals surface area contributed by atoms with E-state index in [2.05, 4.69) is 19.5 Å². The second-order valence-electron chi connectivity index (χ2n) is 4.11. The highest BCUT2D eigenvalue weighted by atomic mass is 31.2. The Balaban J connectivity index is 0.00000220. The molecule has 0 fully saturated rings. The van der Waals surface area contributed by atoms with Gasteiger partial charge in [-0.1, -0.05) is 0 Å². The van der Waals surface area contributed by atoms with Crippen LogP contribution in [0.15, 0.2) is 6.33 Å². The molecule has 2 heterocycles. The molecular formula is C9H18N7O4P. The molecule has 11 nitrogen and oxygen atoms in total. The molecule has 0 aliphatic carbocycles. The van der Waals surface area contributed by atoms with Crippen molar-refractivity contribution in [2.24, 2.45) is 0 Å². The maximum Gasteiger partial charge on any atom is 0.469 e. The lowest BCUT2D eigenvalue weighted by Gasteiger charge is -2.06. The van der Waals surface area contributed by atoms with Gasteiger partial charge in [0.1, 0.15) is 5.52 Å². The molecule has 0 bridgehead atoms. The molecule has 21 heavy (non-hydrogen) atoms. The topological polar surface area (TPSA) is 197 Å². The van der Waals surface area contributed by atoms with Crippen molar-refractivity contribution < 1.29 is 18.9 Å². The van der Waals surface area contributed by atoms with E-state index in [4.69, 9.17) is 21.3 Å². The van der Waals surface area contributed by atoms with Gasteiger partial charge in [-0.25, -0.2) is 9.55 Å². The molecule has 0 aromatic carbocycles. The molecule has 0 unspecified atom stereocenters. The number of aryl methyl sites for hydroxylation is 1. The van der Waals surface area contributed by atoms with E-state index in [1.165, 1.54) is 0 Å². The third-order valence-corrected chi connectivity index (χ3v) is 3.08. The van der Waals surface area contributed by atoms with Crippen LogP contribution in [-0.4, -0.2) is 35.9 Å². The van der Waals surface area contributed by atoms with Gasteiger partial charge in [-0.3, -0.25) is 4.52 Å². The van der Waals surface area contributed by atoms with Gasteiger partial charge in [0.15, 0.2) is 11.5 Å². The minimum Gasteiger partial charge on any atom is -0.382 e. The maximum atomic E-state index is 10.5. The summed E-state index contributed by atoms with van der Waals surface area (Å²) in [5.41, 5.74) is 12.2. The Kier molecular flexibility index (Phi) is 5.58. The number of nitrogen functional groups attached to an aromatic ring is 2. The third kappa shape index (κ3) is 4.62. The molecule has 0 radical (unpaired) electrons. The normalized spacial score (nSPS) is 11.5. The number of imidazole rings is 1. The van der Waals surface area contributed by atoms with Crippen molar-refractivity contribution in [3.63, 3.8) is 0 Å². The second-order valence-corrected chi connectivity index (χ2v) is 5.35. The van der Waals surface area contributed by atoms with Gasteiger partial charge >= 0.3 is 7.82 Å². The zero-order chi connectivity index (χ0) is 14.8. The van der Waals surface area contributed by atoms with Crippen LogP contribution < -0.4 is 17.6 Å².